The van der Waals surface area contributed by atoms with Gasteiger partial charge in [-0.25, -0.2) is 4.79 Å². The number of esters is 1. The number of carbonyl (C=O) groups is 4. The van der Waals surface area contributed by atoms with Crippen molar-refractivity contribution in [3.8, 4) is 11.3 Å². The van der Waals surface area contributed by atoms with Gasteiger partial charge >= 0.3 is 5.97 Å². The molecule has 160 valence electrons. The zero-order chi connectivity index (χ0) is 22.0. The van der Waals surface area contributed by atoms with E-state index >= 15 is 0 Å². The van der Waals surface area contributed by atoms with Gasteiger partial charge in [0.25, 0.3) is 11.1 Å². The van der Waals surface area contributed by atoms with E-state index in [2.05, 4.69) is 0 Å². The first-order valence-corrected chi connectivity index (χ1v) is 10.6. The second-order valence-electron chi connectivity index (χ2n) is 7.09. The van der Waals surface area contributed by atoms with Gasteiger partial charge in [-0.3, -0.25) is 19.3 Å². The highest BCUT2D eigenvalue weighted by molar-refractivity contribution is 8.18. The number of furan rings is 1. The van der Waals surface area contributed by atoms with Gasteiger partial charge in [0.2, 0.25) is 5.91 Å². The first-order valence-electron chi connectivity index (χ1n) is 9.78. The normalized spacial score (nSPS) is 17.6. The molecule has 2 aromatic rings. The fraction of sp³-hybridized carbons (Fsp3) is 0.273. The first kappa shape index (κ1) is 20.9. The van der Waals surface area contributed by atoms with Crippen LogP contribution in [0.3, 0.4) is 0 Å². The standard InChI is InChI=1S/C22H20N2O6S/c1-29-21(27)16-7-3-2-6-15(16)17-9-8-14(30-17)12-18-20(26)24(22(28)31-18)13-19(25)23-10-4-5-11-23/h2-3,6-9,12H,4-5,10-11,13H2,1H3. The zero-order valence-corrected chi connectivity index (χ0v) is 17.6. The third kappa shape index (κ3) is 4.27. The number of amides is 3. The number of rotatable bonds is 5. The summed E-state index contributed by atoms with van der Waals surface area (Å²) < 4.78 is 10.6. The molecule has 9 heteroatoms. The molecule has 0 atom stereocenters. The summed E-state index contributed by atoms with van der Waals surface area (Å²) in [6.45, 7) is 1.07. The van der Waals surface area contributed by atoms with Crippen molar-refractivity contribution in [2.75, 3.05) is 26.7 Å². The largest absolute Gasteiger partial charge is 0.465 e. The number of benzene rings is 1. The van der Waals surface area contributed by atoms with E-state index in [1.807, 2.05) is 0 Å². The Hall–Kier alpha value is -3.33. The average Bonchev–Trinajstić information content (AvgIpc) is 3.52. The lowest BCUT2D eigenvalue weighted by atomic mass is 10.1. The Labute approximate surface area is 182 Å². The molecule has 2 aliphatic heterocycles. The predicted octanol–water partition coefficient (Wildman–Crippen LogP) is 3.39. The highest BCUT2D eigenvalue weighted by Crippen LogP contribution is 2.34. The summed E-state index contributed by atoms with van der Waals surface area (Å²) in [4.78, 5) is 52.1. The zero-order valence-electron chi connectivity index (χ0n) is 16.8. The molecule has 31 heavy (non-hydrogen) atoms. The molecule has 0 aliphatic carbocycles. The van der Waals surface area contributed by atoms with Crippen LogP contribution in [-0.4, -0.2) is 59.6 Å². The number of hydrogen-bond acceptors (Lipinski definition) is 7. The van der Waals surface area contributed by atoms with Gasteiger partial charge in [-0.05, 0) is 42.8 Å². The number of likely N-dealkylation sites (tertiary alicyclic amines) is 1. The minimum Gasteiger partial charge on any atom is -0.465 e. The van der Waals surface area contributed by atoms with E-state index in [-0.39, 0.29) is 17.4 Å². The Kier molecular flexibility index (Phi) is 5.94. The summed E-state index contributed by atoms with van der Waals surface area (Å²) >= 11 is 0.772. The molecule has 0 radical (unpaired) electrons. The summed E-state index contributed by atoms with van der Waals surface area (Å²) in [6, 6.07) is 10.2. The highest BCUT2D eigenvalue weighted by Gasteiger charge is 2.37. The summed E-state index contributed by atoms with van der Waals surface area (Å²) in [7, 11) is 1.30. The Morgan fingerprint density at radius 1 is 1.13 bits per heavy atom. The van der Waals surface area contributed by atoms with Crippen molar-refractivity contribution in [1.29, 1.82) is 0 Å². The third-order valence-corrected chi connectivity index (χ3v) is 6.03. The third-order valence-electron chi connectivity index (χ3n) is 5.12. The van der Waals surface area contributed by atoms with E-state index < -0.39 is 17.1 Å². The number of ether oxygens (including phenoxy) is 1. The molecule has 4 rings (SSSR count). The molecular formula is C22H20N2O6S. The molecular weight excluding hydrogens is 420 g/mol. The van der Waals surface area contributed by atoms with Gasteiger partial charge in [0.05, 0.1) is 17.6 Å². The van der Waals surface area contributed by atoms with Crippen molar-refractivity contribution in [1.82, 2.24) is 9.80 Å². The second-order valence-corrected chi connectivity index (χ2v) is 8.09. The summed E-state index contributed by atoms with van der Waals surface area (Å²) in [5, 5.41) is -0.480. The van der Waals surface area contributed by atoms with Crippen molar-refractivity contribution in [3.63, 3.8) is 0 Å². The fourth-order valence-electron chi connectivity index (χ4n) is 3.53. The van der Waals surface area contributed by atoms with Crippen molar-refractivity contribution in [3.05, 3.63) is 52.6 Å². The average molecular weight is 440 g/mol. The molecule has 0 spiro atoms. The number of methoxy groups -OCH3 is 1. The van der Waals surface area contributed by atoms with Crippen molar-refractivity contribution < 1.29 is 28.3 Å². The summed E-state index contributed by atoms with van der Waals surface area (Å²) in [5.74, 6) is -0.449. The van der Waals surface area contributed by atoms with Crippen LogP contribution in [0.15, 0.2) is 45.7 Å². The number of nitrogens with zero attached hydrogens (tertiary/aromatic N) is 2. The van der Waals surface area contributed by atoms with Gasteiger partial charge in [0, 0.05) is 24.7 Å². The minimum absolute atomic E-state index is 0.182. The van der Waals surface area contributed by atoms with Crippen molar-refractivity contribution in [2.24, 2.45) is 0 Å². The van der Waals surface area contributed by atoms with Gasteiger partial charge in [-0.1, -0.05) is 18.2 Å². The van der Waals surface area contributed by atoms with Crippen LogP contribution >= 0.6 is 11.8 Å². The number of imide groups is 1. The van der Waals surface area contributed by atoms with Gasteiger partial charge in [0.15, 0.2) is 0 Å². The Morgan fingerprint density at radius 2 is 1.87 bits per heavy atom. The minimum atomic E-state index is -0.518. The Balaban J connectivity index is 1.52. The van der Waals surface area contributed by atoms with E-state index in [1.165, 1.54) is 13.2 Å². The lowest BCUT2D eigenvalue weighted by Crippen LogP contribution is -2.40. The van der Waals surface area contributed by atoms with Crippen LogP contribution in [0.1, 0.15) is 29.0 Å². The molecule has 1 aromatic heterocycles. The fourth-order valence-corrected chi connectivity index (χ4v) is 4.35. The summed E-state index contributed by atoms with van der Waals surface area (Å²) in [5.41, 5.74) is 0.907. The Morgan fingerprint density at radius 3 is 2.61 bits per heavy atom. The van der Waals surface area contributed by atoms with E-state index in [4.69, 9.17) is 9.15 Å². The summed E-state index contributed by atoms with van der Waals surface area (Å²) in [6.07, 6.45) is 3.34. The van der Waals surface area contributed by atoms with Crippen LogP contribution in [0.5, 0.6) is 0 Å². The van der Waals surface area contributed by atoms with Crippen molar-refractivity contribution >= 4 is 40.9 Å². The lowest BCUT2D eigenvalue weighted by molar-refractivity contribution is -0.135. The quantitative estimate of drug-likeness (QED) is 0.519. The maximum atomic E-state index is 12.7. The molecule has 3 amide bonds. The molecule has 0 saturated carbocycles. The number of carbonyl (C=O) groups excluding carboxylic acids is 4. The van der Waals surface area contributed by atoms with Crippen LogP contribution in [0.4, 0.5) is 4.79 Å². The van der Waals surface area contributed by atoms with Crippen LogP contribution in [-0.2, 0) is 14.3 Å². The lowest BCUT2D eigenvalue weighted by Gasteiger charge is -2.18. The van der Waals surface area contributed by atoms with E-state index in [1.54, 1.807) is 41.3 Å². The molecule has 2 aliphatic rings. The van der Waals surface area contributed by atoms with E-state index in [0.717, 1.165) is 29.5 Å². The van der Waals surface area contributed by atoms with Gasteiger partial charge in [-0.15, -0.1) is 0 Å². The second kappa shape index (κ2) is 8.81. The Bertz CT molecular complexity index is 1080. The van der Waals surface area contributed by atoms with E-state index in [9.17, 15) is 19.2 Å². The number of hydrogen-bond donors (Lipinski definition) is 0. The molecule has 2 saturated heterocycles. The molecule has 0 N–H and O–H groups in total. The monoisotopic (exact) mass is 440 g/mol. The predicted molar refractivity (Wildman–Crippen MR) is 114 cm³/mol. The van der Waals surface area contributed by atoms with Crippen LogP contribution < -0.4 is 0 Å². The topological polar surface area (TPSA) is 97.1 Å². The molecule has 1 aromatic carbocycles. The van der Waals surface area contributed by atoms with Gasteiger partial charge < -0.3 is 14.1 Å². The first-order chi connectivity index (χ1) is 15.0. The number of thioether (sulfide) groups is 1. The van der Waals surface area contributed by atoms with Crippen LogP contribution in [0.2, 0.25) is 0 Å². The maximum absolute atomic E-state index is 12.7. The molecule has 0 unspecified atom stereocenters. The SMILES string of the molecule is COC(=O)c1ccccc1-c1ccc(C=C2SC(=O)N(CC(=O)N3CCCC3)C2=O)o1. The highest BCUT2D eigenvalue weighted by atomic mass is 32.2. The van der Waals surface area contributed by atoms with Gasteiger partial charge in [0.1, 0.15) is 18.1 Å². The maximum Gasteiger partial charge on any atom is 0.338 e. The molecule has 8 nitrogen and oxygen atoms in total. The van der Waals surface area contributed by atoms with Crippen LogP contribution in [0, 0.1) is 0 Å². The van der Waals surface area contributed by atoms with Crippen LogP contribution in [0.25, 0.3) is 17.4 Å². The van der Waals surface area contributed by atoms with Crippen molar-refractivity contribution in [2.45, 2.75) is 12.8 Å². The smallest absolute Gasteiger partial charge is 0.338 e. The van der Waals surface area contributed by atoms with Gasteiger partial charge in [-0.2, -0.15) is 0 Å². The molecule has 0 bridgehead atoms. The van der Waals surface area contributed by atoms with E-state index in [0.29, 0.717) is 35.7 Å². The molecule has 2 fully saturated rings. The molecule has 3 heterocycles.